The Labute approximate surface area is 251 Å². The van der Waals surface area contributed by atoms with Crippen LogP contribution in [0.5, 0.6) is 0 Å². The number of hydrogen-bond acceptors (Lipinski definition) is 14. The summed E-state index contributed by atoms with van der Waals surface area (Å²) in [5.41, 5.74) is -2.79. The van der Waals surface area contributed by atoms with Crippen LogP contribution in [0.1, 0.15) is 51.0 Å². The van der Waals surface area contributed by atoms with E-state index in [0.717, 1.165) is 29.2 Å². The molecule has 1 aliphatic heterocycles. The second-order valence-corrected chi connectivity index (χ2v) is 9.25. The number of esters is 4. The third-order valence-corrected chi connectivity index (χ3v) is 6.72. The minimum atomic E-state index is -2.47. The van der Waals surface area contributed by atoms with Gasteiger partial charge in [-0.2, -0.15) is 0 Å². The molecule has 0 amide bonds. The van der Waals surface area contributed by atoms with E-state index in [4.69, 9.17) is 18.9 Å². The van der Waals surface area contributed by atoms with E-state index < -0.39 is 57.5 Å². The fourth-order valence-electron chi connectivity index (χ4n) is 4.97. The molecule has 2 aromatic carbocycles. The molecular formula is C28H32N4O12. The maximum Gasteiger partial charge on any atom is 0.340 e. The van der Waals surface area contributed by atoms with Gasteiger partial charge in [-0.05, 0) is 51.0 Å². The first kappa shape index (κ1) is 33.5. The summed E-state index contributed by atoms with van der Waals surface area (Å²) in [5, 5.41) is 25.7. The molecular weight excluding hydrogens is 584 g/mol. The Hall–Kier alpha value is -4.96. The first-order valence-electron chi connectivity index (χ1n) is 13.7. The highest BCUT2D eigenvalue weighted by Gasteiger charge is 2.67. The molecule has 236 valence electrons. The Morgan fingerprint density at radius 3 is 1.48 bits per heavy atom. The zero-order valence-corrected chi connectivity index (χ0v) is 24.4. The van der Waals surface area contributed by atoms with Gasteiger partial charge in [0, 0.05) is 24.3 Å². The van der Waals surface area contributed by atoms with Crippen LogP contribution in [0.3, 0.4) is 0 Å². The summed E-state index contributed by atoms with van der Waals surface area (Å²) in [4.78, 5) is 77.4. The number of nitro benzene ring substituents is 2. The van der Waals surface area contributed by atoms with E-state index in [9.17, 15) is 39.4 Å². The van der Waals surface area contributed by atoms with Crippen molar-refractivity contribution in [1.82, 2.24) is 10.2 Å². The van der Waals surface area contributed by atoms with Crippen LogP contribution in [0.15, 0.2) is 48.5 Å². The van der Waals surface area contributed by atoms with E-state index in [2.05, 4.69) is 5.32 Å². The van der Waals surface area contributed by atoms with Gasteiger partial charge < -0.3 is 18.9 Å². The second-order valence-electron chi connectivity index (χ2n) is 9.25. The van der Waals surface area contributed by atoms with Gasteiger partial charge in [-0.1, -0.05) is 12.1 Å². The molecule has 0 aromatic heterocycles. The third-order valence-electron chi connectivity index (χ3n) is 6.72. The lowest BCUT2D eigenvalue weighted by atomic mass is 9.85. The number of hydrogen-bond donors (Lipinski definition) is 1. The number of rotatable bonds is 13. The molecule has 1 heterocycles. The van der Waals surface area contributed by atoms with Gasteiger partial charge in [-0.15, -0.1) is 0 Å². The van der Waals surface area contributed by atoms with Gasteiger partial charge in [0.1, 0.15) is 0 Å². The summed E-state index contributed by atoms with van der Waals surface area (Å²) < 4.78 is 21.1. The highest BCUT2D eigenvalue weighted by atomic mass is 16.6. The number of nitro groups is 2. The molecule has 3 rings (SSSR count). The number of non-ortho nitro benzene ring substituents is 2. The summed E-state index contributed by atoms with van der Waals surface area (Å²) >= 11 is 0. The smallest absolute Gasteiger partial charge is 0.340 e. The lowest BCUT2D eigenvalue weighted by molar-refractivity contribution is -0.385. The average molecular weight is 617 g/mol. The Morgan fingerprint density at radius 1 is 0.727 bits per heavy atom. The van der Waals surface area contributed by atoms with Gasteiger partial charge in [0.25, 0.3) is 11.4 Å². The van der Waals surface area contributed by atoms with Gasteiger partial charge in [-0.3, -0.25) is 30.4 Å². The normalized spacial score (nSPS) is 17.5. The molecule has 1 saturated heterocycles. The van der Waals surface area contributed by atoms with Gasteiger partial charge in [-0.25, -0.2) is 19.2 Å². The number of nitrogens with zero attached hydrogens (tertiary/aromatic N) is 3. The minimum Gasteiger partial charge on any atom is -0.464 e. The van der Waals surface area contributed by atoms with Crippen LogP contribution >= 0.6 is 0 Å². The maximum atomic E-state index is 13.9. The molecule has 1 N–H and O–H groups in total. The third kappa shape index (κ3) is 6.50. The molecule has 0 saturated carbocycles. The van der Waals surface area contributed by atoms with E-state index in [1.165, 1.54) is 52.0 Å². The number of carbonyl (C=O) groups excluding carboxylic acids is 4. The molecule has 0 spiro atoms. The minimum absolute atomic E-state index is 0.0761. The average Bonchev–Trinajstić information content (AvgIpc) is 3.34. The molecule has 0 aliphatic carbocycles. The van der Waals surface area contributed by atoms with Gasteiger partial charge in [0.15, 0.2) is 0 Å². The van der Waals surface area contributed by atoms with Crippen molar-refractivity contribution in [2.75, 3.05) is 26.4 Å². The monoisotopic (exact) mass is 616 g/mol. The summed E-state index contributed by atoms with van der Waals surface area (Å²) in [6.45, 7) is 5.34. The standard InChI is InChI=1S/C28H32N4O12/c1-5-41-24(33)21(25(34)42-6-2)30-22(17-9-13-19(14-10-17)31(37)38)28(26(35)43-7-3,27(36)44-8-4)29-23(30)18-11-15-20(16-12-18)32(39)40/h9-16,21-23,29H,5-8H2,1-4H3/t22-,23+/m1/s1. The maximum absolute atomic E-state index is 13.9. The quantitative estimate of drug-likeness (QED) is 0.113. The van der Waals surface area contributed by atoms with Gasteiger partial charge in [0.2, 0.25) is 11.6 Å². The SMILES string of the molecule is CCOC(=O)C(C(=O)OCC)N1[C@@H](c2ccc([N+](=O)[O-])cc2)NC(C(=O)OCC)(C(=O)OCC)[C@H]1c1ccc([N+](=O)[O-])cc1. The van der Waals surface area contributed by atoms with Crippen LogP contribution in [-0.2, 0) is 38.1 Å². The second kappa shape index (κ2) is 14.5. The Balaban J connectivity index is 2.45. The summed E-state index contributed by atoms with van der Waals surface area (Å²) in [5.74, 6) is -4.45. The molecule has 1 aliphatic rings. The van der Waals surface area contributed by atoms with Gasteiger partial charge >= 0.3 is 23.9 Å². The zero-order chi connectivity index (χ0) is 32.6. The van der Waals surface area contributed by atoms with Crippen LogP contribution in [0, 0.1) is 20.2 Å². The van der Waals surface area contributed by atoms with E-state index in [0.29, 0.717) is 0 Å². The number of ether oxygens (including phenoxy) is 4. The van der Waals surface area contributed by atoms with Crippen LogP contribution in [0.25, 0.3) is 0 Å². The summed E-state index contributed by atoms with van der Waals surface area (Å²) in [6, 6.07) is 6.21. The highest BCUT2D eigenvalue weighted by molar-refractivity contribution is 6.07. The van der Waals surface area contributed by atoms with Crippen LogP contribution in [0.4, 0.5) is 11.4 Å². The fourth-order valence-corrected chi connectivity index (χ4v) is 4.97. The van der Waals surface area contributed by atoms with Crippen LogP contribution in [-0.4, -0.2) is 76.6 Å². The molecule has 44 heavy (non-hydrogen) atoms. The molecule has 16 nitrogen and oxygen atoms in total. The summed E-state index contributed by atoms with van der Waals surface area (Å²) in [7, 11) is 0. The number of nitrogens with one attached hydrogen (secondary N) is 1. The Morgan fingerprint density at radius 2 is 1.11 bits per heavy atom. The van der Waals surface area contributed by atoms with Crippen molar-refractivity contribution in [3.63, 3.8) is 0 Å². The summed E-state index contributed by atoms with van der Waals surface area (Å²) in [6.07, 6.45) is -1.37. The van der Waals surface area contributed by atoms with Crippen molar-refractivity contribution >= 4 is 35.3 Å². The molecule has 2 aromatic rings. The lowest BCUT2D eigenvalue weighted by Crippen LogP contribution is -2.60. The predicted octanol–water partition coefficient (Wildman–Crippen LogP) is 2.51. The van der Waals surface area contributed by atoms with E-state index >= 15 is 0 Å². The number of benzene rings is 2. The molecule has 2 atom stereocenters. The largest absolute Gasteiger partial charge is 0.464 e. The fraction of sp³-hybridized carbons (Fsp3) is 0.429. The van der Waals surface area contributed by atoms with E-state index in [-0.39, 0.29) is 48.9 Å². The van der Waals surface area contributed by atoms with Gasteiger partial charge in [0.05, 0.1) is 48.5 Å². The topological polar surface area (TPSA) is 207 Å². The first-order chi connectivity index (χ1) is 21.0. The van der Waals surface area contributed by atoms with E-state index in [1.54, 1.807) is 0 Å². The van der Waals surface area contributed by atoms with Crippen molar-refractivity contribution < 1.29 is 48.0 Å². The number of carbonyl (C=O) groups is 4. The van der Waals surface area contributed by atoms with E-state index in [1.807, 2.05) is 0 Å². The molecule has 0 unspecified atom stereocenters. The predicted molar refractivity (Wildman–Crippen MR) is 150 cm³/mol. The first-order valence-corrected chi connectivity index (χ1v) is 13.7. The molecule has 0 radical (unpaired) electrons. The zero-order valence-electron chi connectivity index (χ0n) is 24.4. The Kier molecular flexibility index (Phi) is 11.0. The molecule has 16 heteroatoms. The lowest BCUT2D eigenvalue weighted by Gasteiger charge is -2.36. The van der Waals surface area contributed by atoms with Crippen molar-refractivity contribution in [2.24, 2.45) is 0 Å². The van der Waals surface area contributed by atoms with Crippen LogP contribution in [0.2, 0.25) is 0 Å². The van der Waals surface area contributed by atoms with Crippen molar-refractivity contribution in [3.8, 4) is 0 Å². The van der Waals surface area contributed by atoms with Crippen molar-refractivity contribution in [2.45, 2.75) is 51.5 Å². The molecule has 1 fully saturated rings. The Bertz CT molecular complexity index is 1360. The molecule has 0 bridgehead atoms. The van der Waals surface area contributed by atoms with Crippen molar-refractivity contribution in [1.29, 1.82) is 0 Å². The highest BCUT2D eigenvalue weighted by Crippen LogP contribution is 2.48. The van der Waals surface area contributed by atoms with Crippen LogP contribution < -0.4 is 5.32 Å². The van der Waals surface area contributed by atoms with Crippen molar-refractivity contribution in [3.05, 3.63) is 79.9 Å².